The molecule has 138 valence electrons. The number of amides is 1. The van der Waals surface area contributed by atoms with Crippen molar-refractivity contribution in [2.45, 2.75) is 25.4 Å². The molecule has 0 aliphatic heterocycles. The number of aromatic nitrogens is 1. The van der Waals surface area contributed by atoms with Gasteiger partial charge in [-0.2, -0.15) is 0 Å². The third-order valence-corrected chi connectivity index (χ3v) is 5.83. The van der Waals surface area contributed by atoms with Crippen molar-refractivity contribution >= 4 is 44.9 Å². The number of carbonyl (C=O) groups is 2. The van der Waals surface area contributed by atoms with Crippen LogP contribution in [0.4, 0.5) is 0 Å². The summed E-state index contributed by atoms with van der Waals surface area (Å²) in [4.78, 5) is 26.6. The van der Waals surface area contributed by atoms with E-state index in [1.807, 2.05) is 17.5 Å². The number of carbonyl (C=O) groups excluding carboxylic acids is 1. The summed E-state index contributed by atoms with van der Waals surface area (Å²) in [7, 11) is 0. The molecule has 8 heteroatoms. The molecule has 3 N–H and O–H groups in total. The van der Waals surface area contributed by atoms with E-state index in [0.717, 1.165) is 27.8 Å². The smallest absolute Gasteiger partial charge is 0.307 e. The molecule has 1 aliphatic carbocycles. The summed E-state index contributed by atoms with van der Waals surface area (Å²) in [6, 6.07) is 7.03. The first-order chi connectivity index (χ1) is 12.9. The minimum absolute atomic E-state index is 0.0657. The Morgan fingerprint density at radius 3 is 2.93 bits per heavy atom. The maximum atomic E-state index is 11.3. The Kier molecular flexibility index (Phi) is 4.49. The van der Waals surface area contributed by atoms with E-state index in [2.05, 4.69) is 4.98 Å². The lowest BCUT2D eigenvalue weighted by Crippen LogP contribution is -2.14. The number of hydrogen-bond acceptors (Lipinski definition) is 5. The molecule has 1 amide bonds. The number of rotatable bonds is 5. The van der Waals surface area contributed by atoms with Gasteiger partial charge in [0.2, 0.25) is 0 Å². The molecule has 1 atom stereocenters. The Morgan fingerprint density at radius 1 is 1.37 bits per heavy atom. The maximum absolute atomic E-state index is 11.3. The van der Waals surface area contributed by atoms with Gasteiger partial charge in [-0.3, -0.25) is 9.59 Å². The van der Waals surface area contributed by atoms with Gasteiger partial charge >= 0.3 is 5.97 Å². The highest BCUT2D eigenvalue weighted by molar-refractivity contribution is 7.17. The number of nitrogens with two attached hydrogens (primary N) is 1. The lowest BCUT2D eigenvalue weighted by atomic mass is 10.1. The molecule has 0 spiro atoms. The Morgan fingerprint density at radius 2 is 2.19 bits per heavy atom. The van der Waals surface area contributed by atoms with Crippen LogP contribution in [-0.2, 0) is 17.6 Å². The molecule has 2 heterocycles. The van der Waals surface area contributed by atoms with Crippen LogP contribution in [0.5, 0.6) is 5.75 Å². The first kappa shape index (κ1) is 17.8. The maximum Gasteiger partial charge on any atom is 0.307 e. The van der Waals surface area contributed by atoms with Crippen LogP contribution >= 0.6 is 22.9 Å². The predicted molar refractivity (Wildman–Crippen MR) is 103 cm³/mol. The van der Waals surface area contributed by atoms with Crippen molar-refractivity contribution in [3.63, 3.8) is 0 Å². The normalized spacial score (nSPS) is 15.7. The van der Waals surface area contributed by atoms with Crippen LogP contribution in [0.1, 0.15) is 39.8 Å². The van der Waals surface area contributed by atoms with Gasteiger partial charge in [0.05, 0.1) is 11.4 Å². The number of benzene rings is 1. The second-order valence-corrected chi connectivity index (χ2v) is 7.67. The highest BCUT2D eigenvalue weighted by Gasteiger charge is 2.26. The first-order valence-corrected chi connectivity index (χ1v) is 9.56. The highest BCUT2D eigenvalue weighted by atomic mass is 35.5. The van der Waals surface area contributed by atoms with E-state index in [9.17, 15) is 9.59 Å². The molecule has 0 unspecified atom stereocenters. The fourth-order valence-electron chi connectivity index (χ4n) is 3.37. The summed E-state index contributed by atoms with van der Waals surface area (Å²) in [6.45, 7) is 0. The Bertz CT molecular complexity index is 1080. The molecule has 0 fully saturated rings. The van der Waals surface area contributed by atoms with Crippen molar-refractivity contribution in [3.8, 4) is 5.75 Å². The number of nitrogens with zero attached hydrogens (tertiary/aromatic N) is 1. The molecule has 1 aliphatic rings. The van der Waals surface area contributed by atoms with E-state index in [1.54, 1.807) is 12.1 Å². The third kappa shape index (κ3) is 3.36. The van der Waals surface area contributed by atoms with Crippen molar-refractivity contribution in [2.75, 3.05) is 0 Å². The number of ether oxygens (including phenoxy) is 1. The summed E-state index contributed by atoms with van der Waals surface area (Å²) in [5.41, 5.74) is 8.00. The molecule has 0 bridgehead atoms. The van der Waals surface area contributed by atoms with Crippen molar-refractivity contribution in [1.29, 1.82) is 0 Å². The quantitative estimate of drug-likeness (QED) is 0.676. The number of primary amides is 1. The summed E-state index contributed by atoms with van der Waals surface area (Å²) >= 11 is 7.84. The molecular weight excluding hydrogens is 388 g/mol. The number of pyridine rings is 1. The van der Waals surface area contributed by atoms with Crippen molar-refractivity contribution < 1.29 is 19.4 Å². The number of aliphatic carboxylic acids is 1. The zero-order valence-electron chi connectivity index (χ0n) is 14.1. The number of thiophene rings is 1. The number of aryl methyl sites for hydroxylation is 1. The van der Waals surface area contributed by atoms with Gasteiger partial charge in [0, 0.05) is 21.3 Å². The number of carboxylic acids is 1. The molecule has 2 aromatic heterocycles. The standard InChI is InChI=1S/C19H15ClN2O4S/c20-12-6-10(7-16-18(12)9(8-27-16)5-17(23)24)26-15-4-3-13-11(15)1-2-14(22-13)19(21)25/h1-2,6-8,15H,3-5H2,(H2,21,25)(H,23,24)/t15-/m0/s1. The average Bonchev–Trinajstić information content (AvgIpc) is 3.19. The van der Waals surface area contributed by atoms with E-state index < -0.39 is 11.9 Å². The van der Waals surface area contributed by atoms with Gasteiger partial charge in [0.15, 0.2) is 0 Å². The van der Waals surface area contributed by atoms with E-state index >= 15 is 0 Å². The predicted octanol–water partition coefficient (Wildman–Crippen LogP) is 3.74. The Hall–Kier alpha value is -2.64. The summed E-state index contributed by atoms with van der Waals surface area (Å²) in [5.74, 6) is -0.821. The SMILES string of the molecule is NC(=O)c1ccc2c(n1)CC[C@@H]2Oc1cc(Cl)c2c(CC(=O)O)csc2c1. The molecule has 0 saturated heterocycles. The molecule has 6 nitrogen and oxygen atoms in total. The Labute approximate surface area is 163 Å². The van der Waals surface area contributed by atoms with Gasteiger partial charge in [-0.15, -0.1) is 11.3 Å². The summed E-state index contributed by atoms with van der Waals surface area (Å²) < 4.78 is 7.01. The van der Waals surface area contributed by atoms with Gasteiger partial charge < -0.3 is 15.6 Å². The Balaban J connectivity index is 1.62. The zero-order valence-corrected chi connectivity index (χ0v) is 15.6. The fraction of sp³-hybridized carbons (Fsp3) is 0.211. The van der Waals surface area contributed by atoms with E-state index in [-0.39, 0.29) is 18.2 Å². The van der Waals surface area contributed by atoms with Crippen LogP contribution in [0.3, 0.4) is 0 Å². The van der Waals surface area contributed by atoms with E-state index in [4.69, 9.17) is 27.2 Å². The minimum Gasteiger partial charge on any atom is -0.486 e. The highest BCUT2D eigenvalue weighted by Crippen LogP contribution is 2.39. The summed E-state index contributed by atoms with van der Waals surface area (Å²) in [5, 5.41) is 12.1. The van der Waals surface area contributed by atoms with Gasteiger partial charge in [-0.1, -0.05) is 17.7 Å². The molecule has 0 radical (unpaired) electrons. The number of hydrogen-bond donors (Lipinski definition) is 2. The summed E-state index contributed by atoms with van der Waals surface area (Å²) in [6.07, 6.45) is 1.21. The molecule has 4 rings (SSSR count). The molecular formula is C19H15ClN2O4S. The average molecular weight is 403 g/mol. The third-order valence-electron chi connectivity index (χ3n) is 4.55. The van der Waals surface area contributed by atoms with Crippen LogP contribution in [-0.4, -0.2) is 22.0 Å². The fourth-order valence-corrected chi connectivity index (χ4v) is 4.77. The van der Waals surface area contributed by atoms with Crippen molar-refractivity contribution in [1.82, 2.24) is 4.98 Å². The number of fused-ring (bicyclic) bond motifs is 2. The van der Waals surface area contributed by atoms with Crippen LogP contribution < -0.4 is 10.5 Å². The zero-order chi connectivity index (χ0) is 19.1. The first-order valence-electron chi connectivity index (χ1n) is 8.30. The van der Waals surface area contributed by atoms with Crippen molar-refractivity contribution in [2.24, 2.45) is 5.73 Å². The largest absolute Gasteiger partial charge is 0.486 e. The van der Waals surface area contributed by atoms with Gasteiger partial charge in [0.25, 0.3) is 5.91 Å². The second-order valence-electron chi connectivity index (χ2n) is 6.35. The molecule has 27 heavy (non-hydrogen) atoms. The van der Waals surface area contributed by atoms with Gasteiger partial charge in [0.1, 0.15) is 17.5 Å². The topological polar surface area (TPSA) is 103 Å². The minimum atomic E-state index is -0.892. The van der Waals surface area contributed by atoms with Crippen LogP contribution in [0.2, 0.25) is 5.02 Å². The van der Waals surface area contributed by atoms with Crippen LogP contribution in [0.25, 0.3) is 10.1 Å². The number of halogens is 1. The molecule has 1 aromatic carbocycles. The van der Waals surface area contributed by atoms with Crippen LogP contribution in [0.15, 0.2) is 29.6 Å². The van der Waals surface area contributed by atoms with E-state index in [1.165, 1.54) is 11.3 Å². The molecule has 0 saturated carbocycles. The second kappa shape index (κ2) is 6.83. The van der Waals surface area contributed by atoms with Gasteiger partial charge in [-0.05, 0) is 42.0 Å². The lowest BCUT2D eigenvalue weighted by Gasteiger charge is -2.15. The lowest BCUT2D eigenvalue weighted by molar-refractivity contribution is -0.136. The molecule has 3 aromatic rings. The van der Waals surface area contributed by atoms with E-state index in [0.29, 0.717) is 22.8 Å². The van der Waals surface area contributed by atoms with Crippen LogP contribution in [0, 0.1) is 0 Å². The van der Waals surface area contributed by atoms with Gasteiger partial charge in [-0.25, -0.2) is 4.98 Å². The number of carboxylic acid groups (broad SMARTS) is 1. The monoisotopic (exact) mass is 402 g/mol. The van der Waals surface area contributed by atoms with Crippen molar-refractivity contribution in [3.05, 3.63) is 57.2 Å².